The molecule has 2 aliphatic rings. The Morgan fingerprint density at radius 2 is 2.04 bits per heavy atom. The third-order valence-corrected chi connectivity index (χ3v) is 6.64. The average molecular weight is 381 g/mol. The molecule has 0 saturated carbocycles. The maximum absolute atomic E-state index is 13.1. The molecule has 1 amide bonds. The number of thiophene rings is 1. The van der Waals surface area contributed by atoms with E-state index in [1.165, 1.54) is 0 Å². The minimum Gasteiger partial charge on any atom is -0.396 e. The molecule has 0 radical (unpaired) electrons. The zero-order chi connectivity index (χ0) is 19.2. The van der Waals surface area contributed by atoms with Gasteiger partial charge in [0.2, 0.25) is 0 Å². The van der Waals surface area contributed by atoms with Gasteiger partial charge in [-0.2, -0.15) is 0 Å². The number of hydrogen-bond donors (Lipinski definition) is 1. The number of Topliss-reactive ketones (excluding diaryl/α,β-unsaturated/α-hetero) is 1. The molecule has 2 N–H and O–H groups in total. The van der Waals surface area contributed by atoms with E-state index < -0.39 is 5.41 Å². The lowest BCUT2D eigenvalue weighted by molar-refractivity contribution is -0.125. The van der Waals surface area contributed by atoms with Crippen LogP contribution in [0, 0.1) is 10.8 Å². The van der Waals surface area contributed by atoms with Crippen LogP contribution < -0.4 is 5.73 Å². The van der Waals surface area contributed by atoms with E-state index in [1.54, 1.807) is 11.3 Å². The molecular formula is C22H24N2O2S. The number of nitrogens with zero attached hydrogens (tertiary/aromatic N) is 1. The summed E-state index contributed by atoms with van der Waals surface area (Å²) in [7, 11) is 0. The Balaban J connectivity index is 1.57. The highest BCUT2D eigenvalue weighted by Gasteiger charge is 2.48. The number of ketones is 1. The number of nitrogens with two attached hydrogens (primary N) is 1. The van der Waals surface area contributed by atoms with Crippen molar-refractivity contribution in [2.75, 3.05) is 13.1 Å². The molecule has 1 spiro atoms. The van der Waals surface area contributed by atoms with Gasteiger partial charge < -0.3 is 10.6 Å². The van der Waals surface area contributed by atoms with Crippen LogP contribution in [-0.2, 0) is 4.79 Å². The van der Waals surface area contributed by atoms with Crippen LogP contribution >= 0.6 is 11.3 Å². The van der Waals surface area contributed by atoms with Crippen LogP contribution in [0.2, 0.25) is 0 Å². The second kappa shape index (κ2) is 6.34. The fourth-order valence-electron chi connectivity index (χ4n) is 4.56. The summed E-state index contributed by atoms with van der Waals surface area (Å²) >= 11 is 1.67. The highest BCUT2D eigenvalue weighted by molar-refractivity contribution is 7.13. The van der Waals surface area contributed by atoms with Crippen LogP contribution in [0.15, 0.2) is 53.6 Å². The summed E-state index contributed by atoms with van der Waals surface area (Å²) in [5, 5.41) is 2.04. The van der Waals surface area contributed by atoms with E-state index >= 15 is 0 Å². The number of likely N-dealkylation sites (tertiary alicyclic amines) is 1. The van der Waals surface area contributed by atoms with Crippen LogP contribution in [0.4, 0.5) is 0 Å². The third kappa shape index (κ3) is 3.21. The molecule has 2 heterocycles. The minimum absolute atomic E-state index is 0.0153. The predicted octanol–water partition coefficient (Wildman–Crippen LogP) is 4.09. The summed E-state index contributed by atoms with van der Waals surface area (Å²) in [5.74, 6) is 0.0634. The molecule has 1 aromatic heterocycles. The van der Waals surface area contributed by atoms with Crippen molar-refractivity contribution in [3.8, 4) is 10.4 Å². The maximum atomic E-state index is 13.1. The first-order valence-corrected chi connectivity index (χ1v) is 10.1. The molecule has 0 bridgehead atoms. The molecule has 1 fully saturated rings. The molecule has 0 unspecified atom stereocenters. The Hall–Kier alpha value is -2.40. The third-order valence-electron chi connectivity index (χ3n) is 5.72. The fourth-order valence-corrected chi connectivity index (χ4v) is 5.28. The smallest absolute Gasteiger partial charge is 0.253 e. The predicted molar refractivity (Wildman–Crippen MR) is 108 cm³/mol. The second-order valence-electron chi connectivity index (χ2n) is 8.39. The van der Waals surface area contributed by atoms with Crippen molar-refractivity contribution in [3.05, 3.63) is 59.1 Å². The van der Waals surface area contributed by atoms with Crippen LogP contribution in [-0.4, -0.2) is 29.7 Å². The number of amides is 1. The minimum atomic E-state index is -0.475. The van der Waals surface area contributed by atoms with Crippen molar-refractivity contribution in [2.24, 2.45) is 16.6 Å². The molecular weight excluding hydrogens is 356 g/mol. The van der Waals surface area contributed by atoms with Crippen LogP contribution in [0.1, 0.15) is 37.0 Å². The Morgan fingerprint density at radius 1 is 1.22 bits per heavy atom. The average Bonchev–Trinajstić information content (AvgIpc) is 3.29. The molecule has 1 saturated heterocycles. The molecule has 140 valence electrons. The number of hydrogen-bond acceptors (Lipinski definition) is 4. The van der Waals surface area contributed by atoms with Crippen molar-refractivity contribution in [2.45, 2.75) is 26.7 Å². The van der Waals surface area contributed by atoms with E-state index in [0.29, 0.717) is 24.4 Å². The van der Waals surface area contributed by atoms with Gasteiger partial charge >= 0.3 is 0 Å². The lowest BCUT2D eigenvalue weighted by Gasteiger charge is -2.39. The first-order valence-electron chi connectivity index (χ1n) is 9.26. The van der Waals surface area contributed by atoms with Gasteiger partial charge in [0.25, 0.3) is 5.91 Å². The standard InChI is InChI=1S/C22H24N2O2S/c1-21(2)13-22(12-17(23)19(21)25)8-9-24(14-22)20(26)16-6-3-5-15(11-16)18-7-4-10-27-18/h3-7,10-12H,8-9,13-14,23H2,1-2H3/t22-/m1/s1. The first-order chi connectivity index (χ1) is 12.8. The monoisotopic (exact) mass is 380 g/mol. The van der Waals surface area contributed by atoms with E-state index in [9.17, 15) is 9.59 Å². The van der Waals surface area contributed by atoms with Gasteiger partial charge in [0.1, 0.15) is 0 Å². The Labute approximate surface area is 163 Å². The van der Waals surface area contributed by atoms with E-state index in [4.69, 9.17) is 5.73 Å². The maximum Gasteiger partial charge on any atom is 0.253 e. The van der Waals surface area contributed by atoms with Gasteiger partial charge in [-0.1, -0.05) is 32.0 Å². The second-order valence-corrected chi connectivity index (χ2v) is 9.33. The Bertz CT molecular complexity index is 930. The zero-order valence-corrected chi connectivity index (χ0v) is 16.5. The van der Waals surface area contributed by atoms with Crippen molar-refractivity contribution >= 4 is 23.0 Å². The summed E-state index contributed by atoms with van der Waals surface area (Å²) in [6, 6.07) is 11.9. The molecule has 27 heavy (non-hydrogen) atoms. The zero-order valence-electron chi connectivity index (χ0n) is 15.7. The lowest BCUT2D eigenvalue weighted by atomic mass is 9.65. The van der Waals surface area contributed by atoms with Gasteiger partial charge in [-0.3, -0.25) is 9.59 Å². The molecule has 1 aromatic carbocycles. The largest absolute Gasteiger partial charge is 0.396 e. The molecule has 1 atom stereocenters. The fraction of sp³-hybridized carbons (Fsp3) is 0.364. The Kier molecular flexibility index (Phi) is 4.22. The normalized spacial score (nSPS) is 24.3. The summed E-state index contributed by atoms with van der Waals surface area (Å²) in [6.45, 7) is 5.21. The molecule has 4 rings (SSSR count). The highest BCUT2D eigenvalue weighted by atomic mass is 32.1. The van der Waals surface area contributed by atoms with Gasteiger partial charge in [0.05, 0.1) is 5.70 Å². The summed E-state index contributed by atoms with van der Waals surface area (Å²) in [4.78, 5) is 28.5. The quantitative estimate of drug-likeness (QED) is 0.853. The number of rotatable bonds is 2. The van der Waals surface area contributed by atoms with Crippen LogP contribution in [0.3, 0.4) is 0 Å². The van der Waals surface area contributed by atoms with E-state index in [0.717, 1.165) is 23.3 Å². The van der Waals surface area contributed by atoms with Gasteiger partial charge in [0.15, 0.2) is 5.78 Å². The summed E-state index contributed by atoms with van der Waals surface area (Å²) in [6.07, 6.45) is 3.50. The highest BCUT2D eigenvalue weighted by Crippen LogP contribution is 2.47. The molecule has 1 aliphatic heterocycles. The van der Waals surface area contributed by atoms with Crippen LogP contribution in [0.25, 0.3) is 10.4 Å². The van der Waals surface area contributed by atoms with Gasteiger partial charge in [-0.05, 0) is 48.1 Å². The number of carbonyl (C=O) groups is 2. The molecule has 1 aliphatic carbocycles. The molecule has 5 heteroatoms. The Morgan fingerprint density at radius 3 is 2.74 bits per heavy atom. The van der Waals surface area contributed by atoms with Crippen molar-refractivity contribution < 1.29 is 9.59 Å². The first kappa shape index (κ1) is 18.0. The lowest BCUT2D eigenvalue weighted by Crippen LogP contribution is -2.42. The summed E-state index contributed by atoms with van der Waals surface area (Å²) < 4.78 is 0. The molecule has 2 aromatic rings. The van der Waals surface area contributed by atoms with Gasteiger partial charge in [-0.15, -0.1) is 11.3 Å². The van der Waals surface area contributed by atoms with E-state index in [1.807, 2.05) is 60.5 Å². The topological polar surface area (TPSA) is 63.4 Å². The van der Waals surface area contributed by atoms with E-state index in [-0.39, 0.29) is 17.1 Å². The van der Waals surface area contributed by atoms with Crippen molar-refractivity contribution in [1.82, 2.24) is 4.90 Å². The number of carbonyl (C=O) groups excluding carboxylic acids is 2. The molecule has 4 nitrogen and oxygen atoms in total. The summed E-state index contributed by atoms with van der Waals surface area (Å²) in [5.41, 5.74) is 7.48. The van der Waals surface area contributed by atoms with E-state index in [2.05, 4.69) is 6.07 Å². The van der Waals surface area contributed by atoms with Gasteiger partial charge in [0, 0.05) is 34.4 Å². The SMILES string of the molecule is CC1(C)C[C@]2(C=C(N)C1=O)CCN(C(=O)c1cccc(-c3cccs3)c1)C2. The van der Waals surface area contributed by atoms with Crippen LogP contribution in [0.5, 0.6) is 0 Å². The van der Waals surface area contributed by atoms with Gasteiger partial charge in [-0.25, -0.2) is 0 Å². The van der Waals surface area contributed by atoms with Crippen molar-refractivity contribution in [3.63, 3.8) is 0 Å². The van der Waals surface area contributed by atoms with Crippen molar-refractivity contribution in [1.29, 1.82) is 0 Å². The number of allylic oxidation sites excluding steroid dienone is 1. The number of benzene rings is 1.